The number of nitrogen functional groups attached to an aromatic ring is 1. The van der Waals surface area contributed by atoms with E-state index in [9.17, 15) is 5.11 Å². The average molecular weight is 196 g/mol. The molecular weight excluding hydrogens is 180 g/mol. The third-order valence-corrected chi connectivity index (χ3v) is 2.10. The van der Waals surface area contributed by atoms with Crippen LogP contribution in [0.3, 0.4) is 0 Å². The molecule has 5 heteroatoms. The molecular formula is C9H16N4O. The van der Waals surface area contributed by atoms with Gasteiger partial charge in [-0.2, -0.15) is 0 Å². The van der Waals surface area contributed by atoms with Gasteiger partial charge in [0.05, 0.1) is 6.10 Å². The van der Waals surface area contributed by atoms with E-state index in [1.807, 2.05) is 13.8 Å². The first kappa shape index (κ1) is 10.7. The topological polar surface area (TPSA) is 84.1 Å². The molecule has 0 amide bonds. The molecule has 0 aromatic carbocycles. The molecule has 0 aliphatic rings. The number of rotatable bonds is 4. The molecule has 1 aromatic rings. The molecule has 1 atom stereocenters. The second-order valence-corrected chi connectivity index (χ2v) is 3.18. The molecule has 0 aliphatic heterocycles. The molecule has 14 heavy (non-hydrogen) atoms. The van der Waals surface area contributed by atoms with E-state index in [0.29, 0.717) is 24.6 Å². The number of hydrogen-bond acceptors (Lipinski definition) is 5. The van der Waals surface area contributed by atoms with Gasteiger partial charge in [0.2, 0.25) is 0 Å². The third-order valence-electron chi connectivity index (χ3n) is 2.10. The van der Waals surface area contributed by atoms with Crippen LogP contribution in [-0.4, -0.2) is 27.7 Å². The van der Waals surface area contributed by atoms with Gasteiger partial charge in [0.15, 0.2) is 0 Å². The summed E-state index contributed by atoms with van der Waals surface area (Å²) >= 11 is 0. The number of nitrogens with two attached hydrogens (primary N) is 1. The lowest BCUT2D eigenvalue weighted by atomic mass is 10.2. The first-order chi connectivity index (χ1) is 6.65. The molecule has 0 radical (unpaired) electrons. The lowest BCUT2D eigenvalue weighted by Gasteiger charge is -2.12. The summed E-state index contributed by atoms with van der Waals surface area (Å²) in [6.45, 7) is 4.25. The summed E-state index contributed by atoms with van der Waals surface area (Å²) in [6.07, 6.45) is 1.76. The van der Waals surface area contributed by atoms with Crippen molar-refractivity contribution in [2.75, 3.05) is 17.6 Å². The van der Waals surface area contributed by atoms with Gasteiger partial charge in [0, 0.05) is 12.1 Å². The van der Waals surface area contributed by atoms with Gasteiger partial charge in [-0.15, -0.1) is 0 Å². The van der Waals surface area contributed by atoms with Crippen LogP contribution < -0.4 is 11.1 Å². The van der Waals surface area contributed by atoms with Crippen molar-refractivity contribution in [2.24, 2.45) is 0 Å². The monoisotopic (exact) mass is 196 g/mol. The minimum absolute atomic E-state index is 0.356. The van der Waals surface area contributed by atoms with Crippen LogP contribution in [0.4, 0.5) is 11.6 Å². The minimum Gasteiger partial charge on any atom is -0.391 e. The molecule has 0 spiro atoms. The Labute approximate surface area is 83.4 Å². The Hall–Kier alpha value is -1.36. The largest absolute Gasteiger partial charge is 0.391 e. The highest BCUT2D eigenvalue weighted by atomic mass is 16.3. The Morgan fingerprint density at radius 3 is 2.93 bits per heavy atom. The fourth-order valence-corrected chi connectivity index (χ4v) is 1.00. The van der Waals surface area contributed by atoms with E-state index in [2.05, 4.69) is 15.3 Å². The first-order valence-corrected chi connectivity index (χ1v) is 4.64. The highest BCUT2D eigenvalue weighted by molar-refractivity contribution is 5.53. The Kier molecular flexibility index (Phi) is 3.64. The maximum absolute atomic E-state index is 9.34. The summed E-state index contributed by atoms with van der Waals surface area (Å²) in [5, 5.41) is 12.4. The molecule has 0 saturated carbocycles. The first-order valence-electron chi connectivity index (χ1n) is 4.64. The fourth-order valence-electron chi connectivity index (χ4n) is 1.00. The molecule has 0 saturated heterocycles. The number of hydrogen-bond donors (Lipinski definition) is 3. The Bertz CT molecular complexity index is 303. The summed E-state index contributed by atoms with van der Waals surface area (Å²) in [5.74, 6) is 1.15. The second-order valence-electron chi connectivity index (χ2n) is 3.18. The number of aliphatic hydroxyl groups excluding tert-OH is 1. The maximum atomic E-state index is 9.34. The molecule has 1 rings (SSSR count). The van der Waals surface area contributed by atoms with Crippen molar-refractivity contribution in [3.8, 4) is 0 Å². The molecule has 1 unspecified atom stereocenters. The lowest BCUT2D eigenvalue weighted by Crippen LogP contribution is -2.19. The predicted octanol–water partition coefficient (Wildman–Crippen LogP) is 0.550. The van der Waals surface area contributed by atoms with E-state index in [4.69, 9.17) is 5.73 Å². The lowest BCUT2D eigenvalue weighted by molar-refractivity contribution is 0.183. The highest BCUT2D eigenvalue weighted by Gasteiger charge is 2.05. The van der Waals surface area contributed by atoms with Crippen LogP contribution in [0, 0.1) is 6.92 Å². The third kappa shape index (κ3) is 2.56. The van der Waals surface area contributed by atoms with Gasteiger partial charge in [0.25, 0.3) is 0 Å². The normalized spacial score (nSPS) is 12.5. The number of nitrogens with one attached hydrogen (secondary N) is 1. The van der Waals surface area contributed by atoms with Crippen LogP contribution in [0.25, 0.3) is 0 Å². The van der Waals surface area contributed by atoms with Crippen molar-refractivity contribution in [3.63, 3.8) is 0 Å². The van der Waals surface area contributed by atoms with Gasteiger partial charge in [-0.1, -0.05) is 6.92 Å². The summed E-state index contributed by atoms with van der Waals surface area (Å²) in [6, 6.07) is 0. The summed E-state index contributed by atoms with van der Waals surface area (Å²) < 4.78 is 0. The fraction of sp³-hybridized carbons (Fsp3) is 0.556. The van der Waals surface area contributed by atoms with E-state index in [-0.39, 0.29) is 6.10 Å². The van der Waals surface area contributed by atoms with Crippen molar-refractivity contribution >= 4 is 11.6 Å². The van der Waals surface area contributed by atoms with Crippen LogP contribution in [0.5, 0.6) is 0 Å². The zero-order valence-corrected chi connectivity index (χ0v) is 8.49. The SMILES string of the molecule is CCC(O)CNc1ncnc(N)c1C. The van der Waals surface area contributed by atoms with Gasteiger partial charge in [0.1, 0.15) is 18.0 Å². The van der Waals surface area contributed by atoms with Crippen LogP contribution in [0.2, 0.25) is 0 Å². The number of aromatic nitrogens is 2. The zero-order valence-electron chi connectivity index (χ0n) is 8.49. The predicted molar refractivity (Wildman–Crippen MR) is 56.0 cm³/mol. The van der Waals surface area contributed by atoms with Gasteiger partial charge in [-0.25, -0.2) is 9.97 Å². The molecule has 0 bridgehead atoms. The van der Waals surface area contributed by atoms with Gasteiger partial charge in [-0.05, 0) is 13.3 Å². The maximum Gasteiger partial charge on any atom is 0.134 e. The van der Waals surface area contributed by atoms with Crippen molar-refractivity contribution in [1.29, 1.82) is 0 Å². The Balaban J connectivity index is 2.63. The van der Waals surface area contributed by atoms with Crippen molar-refractivity contribution in [2.45, 2.75) is 26.4 Å². The quantitative estimate of drug-likeness (QED) is 0.655. The number of nitrogens with zero attached hydrogens (tertiary/aromatic N) is 2. The Morgan fingerprint density at radius 2 is 2.29 bits per heavy atom. The molecule has 1 heterocycles. The zero-order chi connectivity index (χ0) is 10.6. The van der Waals surface area contributed by atoms with E-state index >= 15 is 0 Å². The number of anilines is 2. The van der Waals surface area contributed by atoms with Gasteiger partial charge < -0.3 is 16.2 Å². The molecule has 1 aromatic heterocycles. The summed E-state index contributed by atoms with van der Waals surface area (Å²) in [4.78, 5) is 7.88. The van der Waals surface area contributed by atoms with Crippen LogP contribution in [0.1, 0.15) is 18.9 Å². The summed E-state index contributed by atoms with van der Waals surface area (Å²) in [5.41, 5.74) is 6.42. The van der Waals surface area contributed by atoms with Crippen molar-refractivity contribution in [3.05, 3.63) is 11.9 Å². The van der Waals surface area contributed by atoms with Crippen molar-refractivity contribution < 1.29 is 5.11 Å². The smallest absolute Gasteiger partial charge is 0.134 e. The standard InChI is InChI=1S/C9H16N4O/c1-3-7(14)4-11-9-6(2)8(10)12-5-13-9/h5,7,14H,3-4H2,1-2H3,(H3,10,11,12,13). The van der Waals surface area contributed by atoms with Crippen LogP contribution in [-0.2, 0) is 0 Å². The molecule has 4 N–H and O–H groups in total. The highest BCUT2D eigenvalue weighted by Crippen LogP contribution is 2.14. The van der Waals surface area contributed by atoms with Gasteiger partial charge >= 0.3 is 0 Å². The summed E-state index contributed by atoms with van der Waals surface area (Å²) in [7, 11) is 0. The second kappa shape index (κ2) is 4.76. The van der Waals surface area contributed by atoms with E-state index < -0.39 is 0 Å². The Morgan fingerprint density at radius 1 is 1.57 bits per heavy atom. The van der Waals surface area contributed by atoms with E-state index in [0.717, 1.165) is 5.56 Å². The van der Waals surface area contributed by atoms with Gasteiger partial charge in [-0.3, -0.25) is 0 Å². The van der Waals surface area contributed by atoms with Crippen molar-refractivity contribution in [1.82, 2.24) is 9.97 Å². The van der Waals surface area contributed by atoms with E-state index in [1.54, 1.807) is 0 Å². The molecule has 78 valence electrons. The minimum atomic E-state index is -0.356. The number of aliphatic hydroxyl groups is 1. The van der Waals surface area contributed by atoms with E-state index in [1.165, 1.54) is 6.33 Å². The van der Waals surface area contributed by atoms with Crippen LogP contribution in [0.15, 0.2) is 6.33 Å². The van der Waals surface area contributed by atoms with Crippen LogP contribution >= 0.6 is 0 Å². The molecule has 5 nitrogen and oxygen atoms in total. The molecule has 0 fully saturated rings. The average Bonchev–Trinajstić information content (AvgIpc) is 2.20. The molecule has 0 aliphatic carbocycles.